The van der Waals surface area contributed by atoms with E-state index < -0.39 is 0 Å². The molecule has 0 bridgehead atoms. The van der Waals surface area contributed by atoms with Gasteiger partial charge in [0.15, 0.2) is 0 Å². The van der Waals surface area contributed by atoms with Gasteiger partial charge < -0.3 is 11.1 Å². The first-order valence-corrected chi connectivity index (χ1v) is 6.47. The van der Waals surface area contributed by atoms with E-state index in [-0.39, 0.29) is 0 Å². The molecule has 5 nitrogen and oxygen atoms in total. The summed E-state index contributed by atoms with van der Waals surface area (Å²) < 4.78 is 1.89. The quantitative estimate of drug-likeness (QED) is 0.873. The predicted octanol–water partition coefficient (Wildman–Crippen LogP) is 2.17. The van der Waals surface area contributed by atoms with Gasteiger partial charge in [-0.25, -0.2) is 9.67 Å². The lowest BCUT2D eigenvalue weighted by atomic mass is 10.3. The Hall–Kier alpha value is -1.56. The number of nitrogens with zero attached hydrogens (tertiary/aromatic N) is 3. The monoisotopic (exact) mass is 251 g/mol. The van der Waals surface area contributed by atoms with Crippen LogP contribution in [0.4, 0.5) is 11.5 Å². The molecule has 2 heterocycles. The van der Waals surface area contributed by atoms with Crippen LogP contribution in [0.15, 0.2) is 5.51 Å². The number of thiazole rings is 1. The highest BCUT2D eigenvalue weighted by Crippen LogP contribution is 2.23. The van der Waals surface area contributed by atoms with Crippen molar-refractivity contribution < 1.29 is 0 Å². The van der Waals surface area contributed by atoms with Crippen LogP contribution in [-0.2, 0) is 13.1 Å². The highest BCUT2D eigenvalue weighted by Gasteiger charge is 2.11. The van der Waals surface area contributed by atoms with E-state index >= 15 is 0 Å². The number of hydrogen-bond acceptors (Lipinski definition) is 5. The van der Waals surface area contributed by atoms with Gasteiger partial charge in [-0.05, 0) is 20.8 Å². The molecule has 3 N–H and O–H groups in total. The molecule has 0 saturated carbocycles. The maximum atomic E-state index is 6.00. The third kappa shape index (κ3) is 2.26. The molecule has 0 fully saturated rings. The molecule has 2 aromatic rings. The van der Waals surface area contributed by atoms with Gasteiger partial charge in [-0.3, -0.25) is 0 Å². The minimum absolute atomic E-state index is 0.731. The minimum Gasteiger partial charge on any atom is -0.394 e. The summed E-state index contributed by atoms with van der Waals surface area (Å²) in [6.07, 6.45) is 0. The number of anilines is 2. The van der Waals surface area contributed by atoms with Crippen LogP contribution in [0.5, 0.6) is 0 Å². The molecule has 0 saturated heterocycles. The van der Waals surface area contributed by atoms with E-state index in [2.05, 4.69) is 22.3 Å². The molecule has 17 heavy (non-hydrogen) atoms. The molecule has 92 valence electrons. The zero-order valence-electron chi connectivity index (χ0n) is 10.3. The van der Waals surface area contributed by atoms with E-state index in [9.17, 15) is 0 Å². The molecule has 0 amide bonds. The SMILES string of the molecule is CCn1nc(C)c(N)c1NCc1scnc1C. The van der Waals surface area contributed by atoms with Crippen molar-refractivity contribution in [3.8, 4) is 0 Å². The largest absolute Gasteiger partial charge is 0.394 e. The van der Waals surface area contributed by atoms with Crippen molar-refractivity contribution in [3.63, 3.8) is 0 Å². The van der Waals surface area contributed by atoms with Gasteiger partial charge in [0, 0.05) is 11.4 Å². The van der Waals surface area contributed by atoms with Crippen molar-refractivity contribution in [3.05, 3.63) is 21.8 Å². The minimum atomic E-state index is 0.731. The second kappa shape index (κ2) is 4.75. The zero-order valence-corrected chi connectivity index (χ0v) is 11.1. The smallest absolute Gasteiger partial charge is 0.148 e. The maximum absolute atomic E-state index is 6.00. The van der Waals surface area contributed by atoms with E-state index in [1.165, 1.54) is 4.88 Å². The molecule has 0 unspecified atom stereocenters. The van der Waals surface area contributed by atoms with Crippen molar-refractivity contribution in [1.82, 2.24) is 14.8 Å². The Labute approximate surface area is 105 Å². The van der Waals surface area contributed by atoms with Gasteiger partial charge in [0.25, 0.3) is 0 Å². The fraction of sp³-hybridized carbons (Fsp3) is 0.455. The van der Waals surface area contributed by atoms with Gasteiger partial charge in [0.1, 0.15) is 5.82 Å². The second-order valence-corrected chi connectivity index (χ2v) is 4.82. The lowest BCUT2D eigenvalue weighted by Crippen LogP contribution is -2.08. The Kier molecular flexibility index (Phi) is 3.33. The van der Waals surface area contributed by atoms with E-state index in [0.29, 0.717) is 0 Å². The molecule has 0 aromatic carbocycles. The number of aryl methyl sites for hydroxylation is 3. The van der Waals surface area contributed by atoms with Crippen molar-refractivity contribution in [2.24, 2.45) is 0 Å². The molecule has 0 aliphatic rings. The number of rotatable bonds is 4. The number of nitrogens with two attached hydrogens (primary N) is 1. The second-order valence-electron chi connectivity index (χ2n) is 3.88. The Morgan fingerprint density at radius 2 is 2.18 bits per heavy atom. The number of hydrogen-bond donors (Lipinski definition) is 2. The number of nitrogen functional groups attached to an aromatic ring is 1. The molecule has 0 radical (unpaired) electrons. The van der Waals surface area contributed by atoms with Crippen molar-refractivity contribution in [2.75, 3.05) is 11.1 Å². The van der Waals surface area contributed by atoms with E-state index in [1.807, 2.05) is 24.0 Å². The van der Waals surface area contributed by atoms with E-state index in [1.54, 1.807) is 11.3 Å². The Morgan fingerprint density at radius 1 is 1.41 bits per heavy atom. The average Bonchev–Trinajstić information content (AvgIpc) is 2.83. The standard InChI is InChI=1S/C11H17N5S/c1-4-16-11(10(12)8(3)15-16)13-5-9-7(2)14-6-17-9/h6,13H,4-5,12H2,1-3H3. The Morgan fingerprint density at radius 3 is 2.76 bits per heavy atom. The van der Waals surface area contributed by atoms with Crippen molar-refractivity contribution in [1.29, 1.82) is 0 Å². The summed E-state index contributed by atoms with van der Waals surface area (Å²) in [5.74, 6) is 0.901. The number of aromatic nitrogens is 3. The lowest BCUT2D eigenvalue weighted by Gasteiger charge is -2.08. The summed E-state index contributed by atoms with van der Waals surface area (Å²) in [4.78, 5) is 5.45. The van der Waals surface area contributed by atoms with Gasteiger partial charge in [-0.2, -0.15) is 5.10 Å². The highest BCUT2D eigenvalue weighted by atomic mass is 32.1. The van der Waals surface area contributed by atoms with Crippen LogP contribution < -0.4 is 11.1 Å². The fourth-order valence-electron chi connectivity index (χ4n) is 1.67. The Bertz CT molecular complexity index is 514. The van der Waals surface area contributed by atoms with Gasteiger partial charge in [-0.15, -0.1) is 11.3 Å². The first-order chi connectivity index (χ1) is 8.13. The van der Waals surface area contributed by atoms with Crippen LogP contribution in [0.1, 0.15) is 23.2 Å². The van der Waals surface area contributed by atoms with Gasteiger partial charge in [0.05, 0.1) is 29.1 Å². The summed E-state index contributed by atoms with van der Waals surface area (Å²) >= 11 is 1.65. The van der Waals surface area contributed by atoms with E-state index in [4.69, 9.17) is 5.73 Å². The molecule has 2 rings (SSSR count). The summed E-state index contributed by atoms with van der Waals surface area (Å²) in [6.45, 7) is 7.53. The maximum Gasteiger partial charge on any atom is 0.148 e. The molecule has 0 aliphatic carbocycles. The molecule has 2 aromatic heterocycles. The summed E-state index contributed by atoms with van der Waals surface area (Å²) in [6, 6.07) is 0. The molecule has 0 atom stereocenters. The lowest BCUT2D eigenvalue weighted by molar-refractivity contribution is 0.657. The normalized spacial score (nSPS) is 10.8. The predicted molar refractivity (Wildman–Crippen MR) is 71.2 cm³/mol. The van der Waals surface area contributed by atoms with Gasteiger partial charge in [-0.1, -0.05) is 0 Å². The average molecular weight is 251 g/mol. The zero-order chi connectivity index (χ0) is 12.4. The summed E-state index contributed by atoms with van der Waals surface area (Å²) in [5, 5.41) is 7.71. The van der Waals surface area contributed by atoms with Crippen LogP contribution in [0, 0.1) is 13.8 Å². The third-order valence-corrected chi connectivity index (χ3v) is 3.67. The van der Waals surface area contributed by atoms with Crippen LogP contribution in [0.2, 0.25) is 0 Å². The molecular formula is C11H17N5S. The van der Waals surface area contributed by atoms with Crippen LogP contribution in [0.3, 0.4) is 0 Å². The molecular weight excluding hydrogens is 234 g/mol. The first-order valence-electron chi connectivity index (χ1n) is 5.59. The van der Waals surface area contributed by atoms with Crippen LogP contribution in [0.25, 0.3) is 0 Å². The topological polar surface area (TPSA) is 68.8 Å². The van der Waals surface area contributed by atoms with Crippen molar-refractivity contribution in [2.45, 2.75) is 33.9 Å². The fourth-order valence-corrected chi connectivity index (χ4v) is 2.39. The van der Waals surface area contributed by atoms with Crippen molar-refractivity contribution >= 4 is 22.8 Å². The van der Waals surface area contributed by atoms with E-state index in [0.717, 1.165) is 36.0 Å². The first kappa shape index (κ1) is 11.9. The molecule has 0 aliphatic heterocycles. The van der Waals surface area contributed by atoms with Gasteiger partial charge in [0.2, 0.25) is 0 Å². The van der Waals surface area contributed by atoms with Crippen LogP contribution in [-0.4, -0.2) is 14.8 Å². The molecule has 0 spiro atoms. The summed E-state index contributed by atoms with van der Waals surface area (Å²) in [5.41, 5.74) is 10.5. The van der Waals surface area contributed by atoms with Gasteiger partial charge >= 0.3 is 0 Å². The third-order valence-electron chi connectivity index (χ3n) is 2.73. The molecule has 6 heteroatoms. The van der Waals surface area contributed by atoms with Crippen LogP contribution >= 0.6 is 11.3 Å². The number of nitrogens with one attached hydrogen (secondary N) is 1. The summed E-state index contributed by atoms with van der Waals surface area (Å²) in [7, 11) is 0. The highest BCUT2D eigenvalue weighted by molar-refractivity contribution is 7.09. The Balaban J connectivity index is 2.16.